The van der Waals surface area contributed by atoms with Crippen LogP contribution in [-0.2, 0) is 4.74 Å². The van der Waals surface area contributed by atoms with Crippen molar-refractivity contribution in [1.29, 1.82) is 0 Å². The van der Waals surface area contributed by atoms with E-state index < -0.39 is 5.97 Å². The van der Waals surface area contributed by atoms with Crippen molar-refractivity contribution in [3.63, 3.8) is 0 Å². The molecule has 5 rings (SSSR count). The normalized spacial score (nSPS) is 11.9. The van der Waals surface area contributed by atoms with Gasteiger partial charge in [0.2, 0.25) is 0 Å². The van der Waals surface area contributed by atoms with E-state index in [9.17, 15) is 19.2 Å². The number of carbonyl (C=O) groups excluding carboxylic acids is 4. The van der Waals surface area contributed by atoms with Gasteiger partial charge in [-0.2, -0.15) is 0 Å². The van der Waals surface area contributed by atoms with E-state index >= 15 is 0 Å². The highest BCUT2D eigenvalue weighted by molar-refractivity contribution is 6.31. The molecule has 0 heterocycles. The van der Waals surface area contributed by atoms with Crippen molar-refractivity contribution in [1.82, 2.24) is 0 Å². The Bertz CT molecular complexity index is 1570. The van der Waals surface area contributed by atoms with Gasteiger partial charge >= 0.3 is 5.97 Å². The number of esters is 1. The molecule has 0 atom stereocenters. The van der Waals surface area contributed by atoms with E-state index in [1.165, 1.54) is 0 Å². The first kappa shape index (κ1) is 23.9. The quantitative estimate of drug-likeness (QED) is 0.235. The topological polar surface area (TPSA) is 89.5 Å². The molecule has 6 heteroatoms. The van der Waals surface area contributed by atoms with Crippen LogP contribution < -0.4 is 5.32 Å². The van der Waals surface area contributed by atoms with Gasteiger partial charge in [-0.15, -0.1) is 0 Å². The first-order valence-electron chi connectivity index (χ1n) is 11.9. The summed E-state index contributed by atoms with van der Waals surface area (Å²) >= 11 is 0. The molecular weight excluding hydrogens is 466 g/mol. The second-order valence-electron chi connectivity index (χ2n) is 8.73. The first-order valence-corrected chi connectivity index (χ1v) is 11.9. The van der Waals surface area contributed by atoms with E-state index in [4.69, 9.17) is 4.74 Å². The third-order valence-electron chi connectivity index (χ3n) is 6.32. The molecular formula is C31H23NO5. The number of benzene rings is 4. The van der Waals surface area contributed by atoms with Crippen LogP contribution in [0.15, 0.2) is 84.9 Å². The smallest absolute Gasteiger partial charge is 0.338 e. The van der Waals surface area contributed by atoms with E-state index in [0.29, 0.717) is 27.9 Å². The van der Waals surface area contributed by atoms with E-state index in [1.54, 1.807) is 79.7 Å². The summed E-state index contributed by atoms with van der Waals surface area (Å²) in [7, 11) is 0. The molecule has 0 aromatic heterocycles. The summed E-state index contributed by atoms with van der Waals surface area (Å²) in [6, 6.07) is 23.5. The summed E-state index contributed by atoms with van der Waals surface area (Å²) in [6.45, 7) is 3.92. The van der Waals surface area contributed by atoms with Gasteiger partial charge in [-0.1, -0.05) is 54.1 Å². The van der Waals surface area contributed by atoms with Crippen molar-refractivity contribution in [2.24, 2.45) is 0 Å². The number of nitrogens with one attached hydrogen (secondary N) is 1. The molecule has 1 aliphatic rings. The van der Waals surface area contributed by atoms with Crippen LogP contribution in [-0.4, -0.2) is 29.9 Å². The summed E-state index contributed by atoms with van der Waals surface area (Å²) in [5, 5.41) is 3.20. The Morgan fingerprint density at radius 1 is 0.730 bits per heavy atom. The van der Waals surface area contributed by atoms with Crippen molar-refractivity contribution in [3.05, 3.63) is 129 Å². The minimum absolute atomic E-state index is 0.149. The van der Waals surface area contributed by atoms with Crippen molar-refractivity contribution in [3.8, 4) is 0 Å². The molecule has 0 fully saturated rings. The van der Waals surface area contributed by atoms with Gasteiger partial charge in [0.1, 0.15) is 0 Å². The van der Waals surface area contributed by atoms with Crippen LogP contribution in [0.4, 0.5) is 11.4 Å². The van der Waals surface area contributed by atoms with E-state index in [0.717, 1.165) is 5.56 Å². The fourth-order valence-electron chi connectivity index (χ4n) is 4.41. The Morgan fingerprint density at radius 2 is 1.35 bits per heavy atom. The molecule has 6 nitrogen and oxygen atoms in total. The molecule has 0 saturated carbocycles. The highest BCUT2D eigenvalue weighted by Gasteiger charge is 2.34. The number of hydrogen-bond donors (Lipinski definition) is 1. The minimum Gasteiger partial charge on any atom is -0.462 e. The van der Waals surface area contributed by atoms with Crippen LogP contribution in [0.5, 0.6) is 0 Å². The van der Waals surface area contributed by atoms with Crippen molar-refractivity contribution in [2.45, 2.75) is 13.8 Å². The number of rotatable bonds is 6. The Balaban J connectivity index is 1.65. The Labute approximate surface area is 213 Å². The predicted molar refractivity (Wildman–Crippen MR) is 140 cm³/mol. The fourth-order valence-corrected chi connectivity index (χ4v) is 4.41. The number of aryl methyl sites for hydroxylation is 1. The second-order valence-corrected chi connectivity index (χ2v) is 8.73. The van der Waals surface area contributed by atoms with Gasteiger partial charge in [0.05, 0.1) is 23.4 Å². The molecule has 0 aliphatic heterocycles. The molecule has 1 aliphatic carbocycles. The number of ketones is 3. The summed E-state index contributed by atoms with van der Waals surface area (Å²) in [5.41, 5.74) is 3.91. The summed E-state index contributed by atoms with van der Waals surface area (Å²) < 4.78 is 5.04. The molecule has 0 saturated heterocycles. The maximum atomic E-state index is 13.7. The van der Waals surface area contributed by atoms with Crippen molar-refractivity contribution >= 4 is 34.7 Å². The average Bonchev–Trinajstić information content (AvgIpc) is 2.92. The lowest BCUT2D eigenvalue weighted by atomic mass is 9.81. The monoisotopic (exact) mass is 489 g/mol. The van der Waals surface area contributed by atoms with Crippen LogP contribution in [0.3, 0.4) is 0 Å². The number of hydrogen-bond acceptors (Lipinski definition) is 6. The Morgan fingerprint density at radius 3 is 2.00 bits per heavy atom. The molecule has 0 amide bonds. The third kappa shape index (κ3) is 4.34. The molecule has 0 radical (unpaired) electrons. The van der Waals surface area contributed by atoms with Crippen LogP contribution in [0.1, 0.15) is 70.6 Å². The molecule has 0 bridgehead atoms. The van der Waals surface area contributed by atoms with Crippen LogP contribution in [0, 0.1) is 6.92 Å². The number of ether oxygens (including phenoxy) is 1. The third-order valence-corrected chi connectivity index (χ3v) is 6.32. The van der Waals surface area contributed by atoms with Gasteiger partial charge in [0.15, 0.2) is 17.3 Å². The molecule has 0 spiro atoms. The lowest BCUT2D eigenvalue weighted by Gasteiger charge is -2.23. The fraction of sp³-hybridized carbons (Fsp3) is 0.0968. The zero-order valence-electron chi connectivity index (χ0n) is 20.3. The second kappa shape index (κ2) is 9.66. The largest absolute Gasteiger partial charge is 0.462 e. The lowest BCUT2D eigenvalue weighted by Crippen LogP contribution is -2.23. The summed E-state index contributed by atoms with van der Waals surface area (Å²) in [6.07, 6.45) is 0. The van der Waals surface area contributed by atoms with E-state index in [-0.39, 0.29) is 46.3 Å². The van der Waals surface area contributed by atoms with Gasteiger partial charge in [0.25, 0.3) is 0 Å². The zero-order valence-corrected chi connectivity index (χ0v) is 20.3. The molecule has 37 heavy (non-hydrogen) atoms. The van der Waals surface area contributed by atoms with Crippen LogP contribution in [0.2, 0.25) is 0 Å². The zero-order chi connectivity index (χ0) is 26.1. The maximum Gasteiger partial charge on any atom is 0.338 e. The van der Waals surface area contributed by atoms with Gasteiger partial charge in [-0.3, -0.25) is 14.4 Å². The van der Waals surface area contributed by atoms with Crippen molar-refractivity contribution < 1.29 is 23.9 Å². The molecule has 4 aromatic rings. The van der Waals surface area contributed by atoms with Gasteiger partial charge in [0, 0.05) is 33.5 Å². The Hall–Kier alpha value is -4.84. The summed E-state index contributed by atoms with van der Waals surface area (Å²) in [5.74, 6) is -1.35. The average molecular weight is 490 g/mol. The van der Waals surface area contributed by atoms with Gasteiger partial charge in [-0.05, 0) is 50.2 Å². The first-order chi connectivity index (χ1) is 17.9. The van der Waals surface area contributed by atoms with Gasteiger partial charge in [-0.25, -0.2) is 4.79 Å². The standard InChI is InChI=1S/C31H23NO5/c1-3-37-31(36)20-12-14-21(15-13-20)32-27-25(28(33)19-10-8-18(2)9-11-19)17-16-24-26(27)30(35)23-7-5-4-6-22(23)29(24)34/h4-17,32H,3H2,1-2H3. The number of carbonyl (C=O) groups is 4. The SMILES string of the molecule is CCOC(=O)c1ccc(Nc2c(C(=O)c3ccc(C)cc3)ccc3c2C(=O)c2ccccc2C3=O)cc1. The number of anilines is 2. The van der Waals surface area contributed by atoms with Crippen LogP contribution >= 0.6 is 0 Å². The summed E-state index contributed by atoms with van der Waals surface area (Å²) in [4.78, 5) is 52.6. The molecule has 182 valence electrons. The van der Waals surface area contributed by atoms with Crippen molar-refractivity contribution in [2.75, 3.05) is 11.9 Å². The maximum absolute atomic E-state index is 13.7. The molecule has 1 N–H and O–H groups in total. The Kier molecular flexibility index (Phi) is 6.24. The highest BCUT2D eigenvalue weighted by Crippen LogP contribution is 2.37. The van der Waals surface area contributed by atoms with E-state index in [2.05, 4.69) is 5.32 Å². The minimum atomic E-state index is -0.446. The predicted octanol–water partition coefficient (Wildman–Crippen LogP) is 5.92. The van der Waals surface area contributed by atoms with E-state index in [1.807, 2.05) is 19.1 Å². The lowest BCUT2D eigenvalue weighted by molar-refractivity contribution is 0.0526. The molecule has 0 unspecified atom stereocenters. The van der Waals surface area contributed by atoms with Crippen LogP contribution in [0.25, 0.3) is 0 Å². The molecule has 4 aromatic carbocycles. The number of fused-ring (bicyclic) bond motifs is 2. The van der Waals surface area contributed by atoms with Gasteiger partial charge < -0.3 is 10.1 Å². The highest BCUT2D eigenvalue weighted by atomic mass is 16.5.